The molecule has 20 heavy (non-hydrogen) atoms. The number of hydrogen-bond donors (Lipinski definition) is 1. The highest BCUT2D eigenvalue weighted by Crippen LogP contribution is 2.22. The van der Waals surface area contributed by atoms with E-state index < -0.39 is 0 Å². The highest BCUT2D eigenvalue weighted by Gasteiger charge is 2.08. The number of benzene rings is 1. The van der Waals surface area contributed by atoms with Gasteiger partial charge < -0.3 is 5.32 Å². The molecule has 0 aliphatic rings. The molecule has 3 heteroatoms. The molecule has 0 amide bonds. The molecule has 0 saturated heterocycles. The Morgan fingerprint density at radius 1 is 1.05 bits per heavy atom. The molecule has 1 aromatic carbocycles. The smallest absolute Gasteiger partial charge is 0.161 e. The summed E-state index contributed by atoms with van der Waals surface area (Å²) in [7, 11) is 1.89. The third-order valence-corrected chi connectivity index (χ3v) is 3.48. The van der Waals surface area contributed by atoms with Crippen LogP contribution in [0, 0.1) is 19.8 Å². The van der Waals surface area contributed by atoms with Gasteiger partial charge in [-0.25, -0.2) is 9.97 Å². The second-order valence-electron chi connectivity index (χ2n) is 5.65. The molecule has 0 spiro atoms. The fourth-order valence-electron chi connectivity index (χ4n) is 2.26. The van der Waals surface area contributed by atoms with E-state index in [1.54, 1.807) is 0 Å². The SMILES string of the molecule is CNc1nc(-c2ccc(CC(C)C)cc2)nc(C)c1C. The van der Waals surface area contributed by atoms with Crippen molar-refractivity contribution >= 4 is 5.82 Å². The van der Waals surface area contributed by atoms with Crippen molar-refractivity contribution in [2.45, 2.75) is 34.1 Å². The third kappa shape index (κ3) is 3.16. The van der Waals surface area contributed by atoms with Gasteiger partial charge in [0, 0.05) is 23.9 Å². The van der Waals surface area contributed by atoms with Gasteiger partial charge in [0.1, 0.15) is 5.82 Å². The zero-order valence-corrected chi connectivity index (χ0v) is 13.0. The van der Waals surface area contributed by atoms with Crippen LogP contribution in [0.5, 0.6) is 0 Å². The zero-order valence-electron chi connectivity index (χ0n) is 13.0. The van der Waals surface area contributed by atoms with Crippen LogP contribution >= 0.6 is 0 Å². The second-order valence-corrected chi connectivity index (χ2v) is 5.65. The first-order valence-electron chi connectivity index (χ1n) is 7.13. The third-order valence-electron chi connectivity index (χ3n) is 3.48. The largest absolute Gasteiger partial charge is 0.373 e. The molecular formula is C17H23N3. The van der Waals surface area contributed by atoms with Crippen LogP contribution in [0.3, 0.4) is 0 Å². The van der Waals surface area contributed by atoms with Crippen LogP contribution < -0.4 is 5.32 Å². The number of aryl methyl sites for hydroxylation is 1. The lowest BCUT2D eigenvalue weighted by molar-refractivity contribution is 0.647. The summed E-state index contributed by atoms with van der Waals surface area (Å²) in [5.41, 5.74) is 4.55. The summed E-state index contributed by atoms with van der Waals surface area (Å²) in [6.45, 7) is 8.53. The Hall–Kier alpha value is -1.90. The van der Waals surface area contributed by atoms with E-state index in [1.807, 2.05) is 20.9 Å². The van der Waals surface area contributed by atoms with Crippen LogP contribution in [0.15, 0.2) is 24.3 Å². The average Bonchev–Trinajstić information content (AvgIpc) is 2.42. The van der Waals surface area contributed by atoms with Crippen LogP contribution in [0.2, 0.25) is 0 Å². The molecule has 2 aromatic rings. The molecule has 1 heterocycles. The summed E-state index contributed by atoms with van der Waals surface area (Å²) < 4.78 is 0. The van der Waals surface area contributed by atoms with Crippen LogP contribution in [0.25, 0.3) is 11.4 Å². The van der Waals surface area contributed by atoms with Gasteiger partial charge in [-0.05, 0) is 31.7 Å². The molecule has 1 aromatic heterocycles. The summed E-state index contributed by atoms with van der Waals surface area (Å²) >= 11 is 0. The second kappa shape index (κ2) is 6.04. The molecule has 3 nitrogen and oxygen atoms in total. The Morgan fingerprint density at radius 2 is 1.70 bits per heavy atom. The predicted molar refractivity (Wildman–Crippen MR) is 85.0 cm³/mol. The Balaban J connectivity index is 2.34. The molecule has 0 bridgehead atoms. The number of rotatable bonds is 4. The van der Waals surface area contributed by atoms with Crippen LogP contribution in [0.4, 0.5) is 5.82 Å². The fourth-order valence-corrected chi connectivity index (χ4v) is 2.26. The minimum absolute atomic E-state index is 0.676. The van der Waals surface area contributed by atoms with E-state index >= 15 is 0 Å². The first-order chi connectivity index (χ1) is 9.51. The van der Waals surface area contributed by atoms with E-state index in [9.17, 15) is 0 Å². The lowest BCUT2D eigenvalue weighted by atomic mass is 10.0. The normalized spacial score (nSPS) is 10.9. The van der Waals surface area contributed by atoms with Gasteiger partial charge >= 0.3 is 0 Å². The van der Waals surface area contributed by atoms with Gasteiger partial charge in [0.25, 0.3) is 0 Å². The van der Waals surface area contributed by atoms with Crippen molar-refractivity contribution in [2.75, 3.05) is 12.4 Å². The molecule has 106 valence electrons. The molecule has 0 unspecified atom stereocenters. The first kappa shape index (κ1) is 14.5. The maximum atomic E-state index is 4.59. The summed E-state index contributed by atoms with van der Waals surface area (Å²) in [5.74, 6) is 2.36. The number of aromatic nitrogens is 2. The van der Waals surface area contributed by atoms with E-state index in [4.69, 9.17) is 0 Å². The Labute approximate surface area is 121 Å². The fraction of sp³-hybridized carbons (Fsp3) is 0.412. The molecule has 0 radical (unpaired) electrons. The highest BCUT2D eigenvalue weighted by atomic mass is 15.0. The Bertz CT molecular complexity index is 586. The van der Waals surface area contributed by atoms with Crippen molar-refractivity contribution in [2.24, 2.45) is 5.92 Å². The van der Waals surface area contributed by atoms with Crippen molar-refractivity contribution in [1.82, 2.24) is 9.97 Å². The van der Waals surface area contributed by atoms with Gasteiger partial charge in [-0.1, -0.05) is 38.1 Å². The maximum absolute atomic E-state index is 4.59. The van der Waals surface area contributed by atoms with Crippen LogP contribution in [-0.2, 0) is 6.42 Å². The van der Waals surface area contributed by atoms with Gasteiger partial charge in [0.05, 0.1) is 0 Å². The van der Waals surface area contributed by atoms with Crippen molar-refractivity contribution in [3.63, 3.8) is 0 Å². The van der Waals surface area contributed by atoms with Crippen LogP contribution in [0.1, 0.15) is 30.7 Å². The molecule has 2 rings (SSSR count). The molecule has 0 saturated carbocycles. The van der Waals surface area contributed by atoms with Gasteiger partial charge in [-0.2, -0.15) is 0 Å². The standard InChI is InChI=1S/C17H23N3/c1-11(2)10-14-6-8-15(9-7-14)17-19-13(4)12(3)16(18-5)20-17/h6-9,11H,10H2,1-5H3,(H,18,19,20). The Morgan fingerprint density at radius 3 is 2.25 bits per heavy atom. The monoisotopic (exact) mass is 269 g/mol. The maximum Gasteiger partial charge on any atom is 0.161 e. The number of nitrogens with one attached hydrogen (secondary N) is 1. The summed E-state index contributed by atoms with van der Waals surface area (Å²) in [5, 5.41) is 3.13. The summed E-state index contributed by atoms with van der Waals surface area (Å²) in [6.07, 6.45) is 1.11. The molecule has 1 N–H and O–H groups in total. The van der Waals surface area contributed by atoms with Gasteiger partial charge in [0.15, 0.2) is 5.82 Å². The lowest BCUT2D eigenvalue weighted by Crippen LogP contribution is -2.02. The average molecular weight is 269 g/mol. The van der Waals surface area contributed by atoms with E-state index in [0.29, 0.717) is 5.92 Å². The van der Waals surface area contributed by atoms with Crippen molar-refractivity contribution in [1.29, 1.82) is 0 Å². The van der Waals surface area contributed by atoms with Gasteiger partial charge in [-0.3, -0.25) is 0 Å². The van der Waals surface area contributed by atoms with Crippen LogP contribution in [-0.4, -0.2) is 17.0 Å². The summed E-state index contributed by atoms with van der Waals surface area (Å²) in [4.78, 5) is 9.18. The van der Waals surface area contributed by atoms with E-state index in [0.717, 1.165) is 34.9 Å². The quantitative estimate of drug-likeness (QED) is 0.911. The minimum atomic E-state index is 0.676. The van der Waals surface area contributed by atoms with E-state index in [2.05, 4.69) is 53.4 Å². The van der Waals surface area contributed by atoms with Crippen molar-refractivity contribution in [3.8, 4) is 11.4 Å². The lowest BCUT2D eigenvalue weighted by Gasteiger charge is -2.10. The topological polar surface area (TPSA) is 37.8 Å². The number of anilines is 1. The molecule has 0 aliphatic heterocycles. The minimum Gasteiger partial charge on any atom is -0.373 e. The van der Waals surface area contributed by atoms with Gasteiger partial charge in [0.2, 0.25) is 0 Å². The van der Waals surface area contributed by atoms with Crippen molar-refractivity contribution in [3.05, 3.63) is 41.1 Å². The first-order valence-corrected chi connectivity index (χ1v) is 7.13. The van der Waals surface area contributed by atoms with Gasteiger partial charge in [-0.15, -0.1) is 0 Å². The van der Waals surface area contributed by atoms with E-state index in [1.165, 1.54) is 5.56 Å². The molecule has 0 aliphatic carbocycles. The zero-order chi connectivity index (χ0) is 14.7. The van der Waals surface area contributed by atoms with E-state index in [-0.39, 0.29) is 0 Å². The van der Waals surface area contributed by atoms with Crippen molar-refractivity contribution < 1.29 is 0 Å². The summed E-state index contributed by atoms with van der Waals surface area (Å²) in [6, 6.07) is 8.57. The highest BCUT2D eigenvalue weighted by molar-refractivity contribution is 5.59. The Kier molecular flexibility index (Phi) is 4.38. The predicted octanol–water partition coefficient (Wildman–Crippen LogP) is 4.00. The molecular weight excluding hydrogens is 246 g/mol. The molecule has 0 atom stereocenters. The molecule has 0 fully saturated rings. The number of nitrogens with zero attached hydrogens (tertiary/aromatic N) is 2. The number of hydrogen-bond acceptors (Lipinski definition) is 3.